The number of amides is 1. The van der Waals surface area contributed by atoms with Crippen LogP contribution in [-0.4, -0.2) is 30.5 Å². The summed E-state index contributed by atoms with van der Waals surface area (Å²) in [5, 5.41) is 9.54. The third kappa shape index (κ3) is 4.67. The number of carbonyl (C=O) groups is 1. The van der Waals surface area contributed by atoms with Gasteiger partial charge in [-0.1, -0.05) is 29.8 Å². The van der Waals surface area contributed by atoms with Gasteiger partial charge in [-0.2, -0.15) is 0 Å². The first kappa shape index (κ1) is 18.2. The van der Waals surface area contributed by atoms with Gasteiger partial charge in [0.1, 0.15) is 10.7 Å². The first-order valence-corrected chi connectivity index (χ1v) is 8.69. The van der Waals surface area contributed by atoms with E-state index in [1.54, 1.807) is 5.38 Å². The Morgan fingerprint density at radius 3 is 3.00 bits per heavy atom. The van der Waals surface area contributed by atoms with E-state index in [4.69, 9.17) is 11.6 Å². The van der Waals surface area contributed by atoms with Crippen LogP contribution in [-0.2, 0) is 0 Å². The molecule has 1 aromatic carbocycles. The predicted molar refractivity (Wildman–Crippen MR) is 97.7 cm³/mol. The number of nitrogens with zero attached hydrogens (tertiary/aromatic N) is 1. The standard InChI is InChI=1S/C16H18ClN3OS.ClH/c17-13-6-2-1-5-12(13)16-20-14(10-22-16)15(21)19-9-11-4-3-7-18-8-11;/h1-2,5-6,10-11,18H,3-4,7-9H2,(H,19,21);1H. The highest BCUT2D eigenvalue weighted by molar-refractivity contribution is 7.13. The van der Waals surface area contributed by atoms with E-state index in [1.165, 1.54) is 17.8 Å². The number of piperidine rings is 1. The number of aromatic nitrogens is 1. The fraction of sp³-hybridized carbons (Fsp3) is 0.375. The summed E-state index contributed by atoms with van der Waals surface area (Å²) < 4.78 is 0. The summed E-state index contributed by atoms with van der Waals surface area (Å²) >= 11 is 7.61. The molecule has 7 heteroatoms. The quantitative estimate of drug-likeness (QED) is 0.862. The molecule has 124 valence electrons. The van der Waals surface area contributed by atoms with Crippen LogP contribution < -0.4 is 10.6 Å². The lowest BCUT2D eigenvalue weighted by Crippen LogP contribution is -2.38. The first-order valence-electron chi connectivity index (χ1n) is 7.43. The van der Waals surface area contributed by atoms with Crippen LogP contribution >= 0.6 is 35.3 Å². The van der Waals surface area contributed by atoms with Gasteiger partial charge >= 0.3 is 0 Å². The van der Waals surface area contributed by atoms with Crippen LogP contribution in [0.25, 0.3) is 10.6 Å². The summed E-state index contributed by atoms with van der Waals surface area (Å²) in [5.74, 6) is 0.402. The van der Waals surface area contributed by atoms with Gasteiger partial charge in [-0.3, -0.25) is 4.79 Å². The lowest BCUT2D eigenvalue weighted by atomic mass is 10.00. The number of thiazole rings is 1. The van der Waals surface area contributed by atoms with Crippen LogP contribution in [0, 0.1) is 5.92 Å². The molecule has 1 aromatic heterocycles. The molecule has 1 aliphatic rings. The van der Waals surface area contributed by atoms with Crippen molar-refractivity contribution >= 4 is 41.3 Å². The van der Waals surface area contributed by atoms with E-state index in [-0.39, 0.29) is 18.3 Å². The molecule has 1 amide bonds. The second-order valence-corrected chi connectivity index (χ2v) is 6.71. The van der Waals surface area contributed by atoms with Crippen molar-refractivity contribution in [3.05, 3.63) is 40.4 Å². The minimum Gasteiger partial charge on any atom is -0.350 e. The van der Waals surface area contributed by atoms with Crippen molar-refractivity contribution in [2.45, 2.75) is 12.8 Å². The molecule has 0 spiro atoms. The minimum absolute atomic E-state index is 0. The fourth-order valence-electron chi connectivity index (χ4n) is 2.56. The maximum absolute atomic E-state index is 12.2. The highest BCUT2D eigenvalue weighted by Crippen LogP contribution is 2.30. The van der Waals surface area contributed by atoms with Gasteiger partial charge in [0.2, 0.25) is 0 Å². The molecule has 0 bridgehead atoms. The van der Waals surface area contributed by atoms with Gasteiger partial charge in [-0.05, 0) is 37.9 Å². The lowest BCUT2D eigenvalue weighted by Gasteiger charge is -2.22. The SMILES string of the molecule is Cl.O=C(NCC1CCCNC1)c1csc(-c2ccccc2Cl)n1. The maximum atomic E-state index is 12.2. The zero-order valence-corrected chi connectivity index (χ0v) is 14.9. The summed E-state index contributed by atoms with van der Waals surface area (Å²) in [4.78, 5) is 16.6. The summed E-state index contributed by atoms with van der Waals surface area (Å²) in [5.41, 5.74) is 1.33. The zero-order chi connectivity index (χ0) is 15.4. The Labute approximate surface area is 151 Å². The number of rotatable bonds is 4. The van der Waals surface area contributed by atoms with Crippen molar-refractivity contribution in [2.75, 3.05) is 19.6 Å². The zero-order valence-electron chi connectivity index (χ0n) is 12.5. The summed E-state index contributed by atoms with van der Waals surface area (Å²) in [6.07, 6.45) is 2.34. The summed E-state index contributed by atoms with van der Waals surface area (Å²) in [7, 11) is 0. The number of carbonyl (C=O) groups excluding carboxylic acids is 1. The summed E-state index contributed by atoms with van der Waals surface area (Å²) in [6, 6.07) is 7.54. The van der Waals surface area contributed by atoms with E-state index in [1.807, 2.05) is 24.3 Å². The van der Waals surface area contributed by atoms with E-state index in [0.717, 1.165) is 30.1 Å². The predicted octanol–water partition coefficient (Wildman–Crippen LogP) is 3.61. The van der Waals surface area contributed by atoms with Crippen LogP contribution in [0.3, 0.4) is 0 Å². The van der Waals surface area contributed by atoms with Crippen molar-refractivity contribution in [2.24, 2.45) is 5.92 Å². The number of nitrogens with one attached hydrogen (secondary N) is 2. The van der Waals surface area contributed by atoms with Gasteiger partial charge in [0, 0.05) is 17.5 Å². The van der Waals surface area contributed by atoms with Crippen LogP contribution in [0.5, 0.6) is 0 Å². The highest BCUT2D eigenvalue weighted by atomic mass is 35.5. The molecule has 0 aliphatic carbocycles. The van der Waals surface area contributed by atoms with Crippen molar-refractivity contribution in [3.8, 4) is 10.6 Å². The van der Waals surface area contributed by atoms with E-state index < -0.39 is 0 Å². The molecule has 2 aromatic rings. The Bertz CT molecular complexity index is 656. The van der Waals surface area contributed by atoms with E-state index in [9.17, 15) is 4.79 Å². The second-order valence-electron chi connectivity index (χ2n) is 5.44. The minimum atomic E-state index is -0.111. The lowest BCUT2D eigenvalue weighted by molar-refractivity contribution is 0.0940. The topological polar surface area (TPSA) is 54.0 Å². The number of benzene rings is 1. The molecule has 23 heavy (non-hydrogen) atoms. The molecular formula is C16H19Cl2N3OS. The van der Waals surface area contributed by atoms with E-state index >= 15 is 0 Å². The third-order valence-electron chi connectivity index (χ3n) is 3.79. The number of hydrogen-bond acceptors (Lipinski definition) is 4. The molecule has 1 unspecified atom stereocenters. The smallest absolute Gasteiger partial charge is 0.270 e. The van der Waals surface area contributed by atoms with Gasteiger partial charge in [-0.25, -0.2) is 4.98 Å². The van der Waals surface area contributed by atoms with Gasteiger partial charge in [0.05, 0.1) is 5.02 Å². The molecule has 1 aliphatic heterocycles. The summed E-state index contributed by atoms with van der Waals surface area (Å²) in [6.45, 7) is 2.75. The molecule has 4 nitrogen and oxygen atoms in total. The highest BCUT2D eigenvalue weighted by Gasteiger charge is 2.17. The van der Waals surface area contributed by atoms with Crippen molar-refractivity contribution in [3.63, 3.8) is 0 Å². The average Bonchev–Trinajstić information content (AvgIpc) is 3.04. The molecule has 3 rings (SSSR count). The van der Waals surface area contributed by atoms with Gasteiger partial charge in [0.15, 0.2) is 0 Å². The van der Waals surface area contributed by atoms with Crippen molar-refractivity contribution in [1.82, 2.24) is 15.6 Å². The Morgan fingerprint density at radius 2 is 2.26 bits per heavy atom. The third-order valence-corrected chi connectivity index (χ3v) is 5.00. The normalized spacial score (nSPS) is 17.3. The largest absolute Gasteiger partial charge is 0.350 e. The molecule has 2 heterocycles. The Kier molecular flexibility index (Phi) is 6.84. The molecule has 0 saturated carbocycles. The molecule has 1 atom stereocenters. The molecule has 0 radical (unpaired) electrons. The first-order chi connectivity index (χ1) is 10.7. The number of hydrogen-bond donors (Lipinski definition) is 2. The van der Waals surface area contributed by atoms with Crippen LogP contribution in [0.4, 0.5) is 0 Å². The molecule has 1 saturated heterocycles. The van der Waals surface area contributed by atoms with Crippen molar-refractivity contribution < 1.29 is 4.79 Å². The Balaban J connectivity index is 0.00000192. The van der Waals surface area contributed by atoms with Gasteiger partial charge in [0.25, 0.3) is 5.91 Å². The number of halogens is 2. The van der Waals surface area contributed by atoms with E-state index in [0.29, 0.717) is 23.2 Å². The van der Waals surface area contributed by atoms with Crippen molar-refractivity contribution in [1.29, 1.82) is 0 Å². The average molecular weight is 372 g/mol. The Hall–Kier alpha value is -1.14. The van der Waals surface area contributed by atoms with Crippen LogP contribution in [0.15, 0.2) is 29.6 Å². The molecule has 1 fully saturated rings. The van der Waals surface area contributed by atoms with Gasteiger partial charge < -0.3 is 10.6 Å². The monoisotopic (exact) mass is 371 g/mol. The maximum Gasteiger partial charge on any atom is 0.270 e. The Morgan fingerprint density at radius 1 is 1.43 bits per heavy atom. The van der Waals surface area contributed by atoms with E-state index in [2.05, 4.69) is 15.6 Å². The van der Waals surface area contributed by atoms with Crippen LogP contribution in [0.2, 0.25) is 5.02 Å². The fourth-order valence-corrected chi connectivity index (χ4v) is 3.68. The molecular weight excluding hydrogens is 353 g/mol. The van der Waals surface area contributed by atoms with Gasteiger partial charge in [-0.15, -0.1) is 23.7 Å². The second kappa shape index (κ2) is 8.64. The molecule has 2 N–H and O–H groups in total. The van der Waals surface area contributed by atoms with Crippen LogP contribution in [0.1, 0.15) is 23.3 Å².